The zero-order chi connectivity index (χ0) is 16.2. The average molecular weight is 367 g/mol. The number of hydrogen-bond acceptors (Lipinski definition) is 4. The maximum absolute atomic E-state index is 3.85. The highest BCUT2D eigenvalue weighted by Gasteiger charge is 2.14. The van der Waals surface area contributed by atoms with Gasteiger partial charge in [-0.1, -0.05) is 24.3 Å². The third-order valence-electron chi connectivity index (χ3n) is 2.44. The summed E-state index contributed by atoms with van der Waals surface area (Å²) in [6.07, 6.45) is 7.81. The van der Waals surface area contributed by atoms with E-state index in [1.807, 2.05) is 71.4 Å². The Bertz CT molecular complexity index is 473. The van der Waals surface area contributed by atoms with Crippen molar-refractivity contribution in [1.29, 1.82) is 0 Å². The summed E-state index contributed by atoms with van der Waals surface area (Å²) >= 11 is 7.38. The van der Waals surface area contributed by atoms with E-state index in [-0.39, 0.29) is 0 Å². The normalized spacial score (nSPS) is 10.2. The van der Waals surface area contributed by atoms with Gasteiger partial charge in [0, 0.05) is 42.6 Å². The monoisotopic (exact) mass is 366 g/mol. The van der Waals surface area contributed by atoms with Gasteiger partial charge in [-0.05, 0) is 12.1 Å². The summed E-state index contributed by atoms with van der Waals surface area (Å²) in [6, 6.07) is 4.45. The summed E-state index contributed by atoms with van der Waals surface area (Å²) in [5.74, 6) is 3.68. The molecule has 0 unspecified atom stereocenters. The van der Waals surface area contributed by atoms with Gasteiger partial charge >= 0.3 is 0 Å². The Morgan fingerprint density at radius 1 is 0.591 bits per heavy atom. The molecule has 0 saturated carbocycles. The van der Waals surface area contributed by atoms with Crippen molar-refractivity contribution in [3.63, 3.8) is 0 Å². The van der Waals surface area contributed by atoms with Gasteiger partial charge in [-0.3, -0.25) is 0 Å². The van der Waals surface area contributed by atoms with Crippen molar-refractivity contribution in [2.45, 2.75) is 19.6 Å². The summed E-state index contributed by atoms with van der Waals surface area (Å²) < 4.78 is 0. The minimum atomic E-state index is 0.916. The van der Waals surface area contributed by atoms with Gasteiger partial charge in [0.1, 0.15) is 0 Å². The van der Waals surface area contributed by atoms with Crippen molar-refractivity contribution >= 4 is 47.0 Å². The third-order valence-corrected chi connectivity index (χ3v) is 7.17. The van der Waals surface area contributed by atoms with Crippen LogP contribution < -0.4 is 0 Å². The summed E-state index contributed by atoms with van der Waals surface area (Å²) in [5, 5.41) is 0. The third kappa shape index (κ3) is 6.37. The molecule has 1 aromatic rings. The second-order valence-corrected chi connectivity index (χ2v) is 8.30. The standard InChI is InChI=1S/C18H22S4/c1-5-11-19-15-9-10-16(20-12-6-2)18(22-14-8-4)17(15)21-13-7-3/h5-10H,1-4,11-14H2. The van der Waals surface area contributed by atoms with Crippen LogP contribution in [0, 0.1) is 0 Å². The van der Waals surface area contributed by atoms with Crippen molar-refractivity contribution in [3.05, 3.63) is 62.8 Å². The van der Waals surface area contributed by atoms with Crippen LogP contribution in [-0.4, -0.2) is 23.0 Å². The zero-order valence-electron chi connectivity index (χ0n) is 12.8. The molecule has 0 aromatic heterocycles. The molecule has 0 nitrogen and oxygen atoms in total. The van der Waals surface area contributed by atoms with E-state index in [4.69, 9.17) is 0 Å². The Kier molecular flexibility index (Phi) is 10.8. The Hall–Kier alpha value is -0.420. The van der Waals surface area contributed by atoms with E-state index in [2.05, 4.69) is 38.4 Å². The van der Waals surface area contributed by atoms with Crippen LogP contribution in [0.4, 0.5) is 0 Å². The van der Waals surface area contributed by atoms with E-state index in [9.17, 15) is 0 Å². The zero-order valence-corrected chi connectivity index (χ0v) is 16.0. The molecule has 0 radical (unpaired) electrons. The highest BCUT2D eigenvalue weighted by Crippen LogP contribution is 2.44. The minimum absolute atomic E-state index is 0.916. The van der Waals surface area contributed by atoms with E-state index in [1.54, 1.807) is 0 Å². The van der Waals surface area contributed by atoms with Crippen LogP contribution in [0.2, 0.25) is 0 Å². The van der Waals surface area contributed by atoms with Crippen LogP contribution in [0.25, 0.3) is 0 Å². The summed E-state index contributed by atoms with van der Waals surface area (Å²) in [7, 11) is 0. The summed E-state index contributed by atoms with van der Waals surface area (Å²) in [6.45, 7) is 15.3. The minimum Gasteiger partial charge on any atom is -0.121 e. The van der Waals surface area contributed by atoms with Crippen LogP contribution in [0.1, 0.15) is 0 Å². The molecule has 0 aliphatic heterocycles. The van der Waals surface area contributed by atoms with Crippen molar-refractivity contribution in [3.8, 4) is 0 Å². The topological polar surface area (TPSA) is 0 Å². The molecular weight excluding hydrogens is 344 g/mol. The lowest BCUT2D eigenvalue weighted by molar-refractivity contribution is 1.03. The van der Waals surface area contributed by atoms with Gasteiger partial charge in [0.2, 0.25) is 0 Å². The molecule has 0 amide bonds. The molecule has 0 aliphatic rings. The smallest absolute Gasteiger partial charge is 0.0359 e. The van der Waals surface area contributed by atoms with Crippen molar-refractivity contribution in [1.82, 2.24) is 0 Å². The molecule has 0 aliphatic carbocycles. The van der Waals surface area contributed by atoms with E-state index in [0.29, 0.717) is 0 Å². The molecule has 0 spiro atoms. The molecule has 0 saturated heterocycles. The summed E-state index contributed by atoms with van der Waals surface area (Å²) in [4.78, 5) is 5.35. The predicted octanol–water partition coefficient (Wildman–Crippen LogP) is 6.80. The second-order valence-electron chi connectivity index (χ2n) is 4.12. The fraction of sp³-hybridized carbons (Fsp3) is 0.222. The lowest BCUT2D eigenvalue weighted by Crippen LogP contribution is -1.91. The molecule has 0 N–H and O–H groups in total. The quantitative estimate of drug-likeness (QED) is 0.294. The Labute approximate surface area is 152 Å². The fourth-order valence-electron chi connectivity index (χ4n) is 1.61. The maximum Gasteiger partial charge on any atom is 0.0359 e. The van der Waals surface area contributed by atoms with Crippen LogP contribution in [-0.2, 0) is 0 Å². The molecule has 4 heteroatoms. The molecular formula is C18H22S4. The second kappa shape index (κ2) is 12.1. The van der Waals surface area contributed by atoms with Gasteiger partial charge in [0.25, 0.3) is 0 Å². The molecule has 0 fully saturated rings. The lowest BCUT2D eigenvalue weighted by atomic mass is 10.3. The van der Waals surface area contributed by atoms with E-state index < -0.39 is 0 Å². The van der Waals surface area contributed by atoms with Gasteiger partial charge in [-0.25, -0.2) is 0 Å². The number of thioether (sulfide) groups is 4. The molecule has 1 aromatic carbocycles. The van der Waals surface area contributed by atoms with Gasteiger partial charge in [0.15, 0.2) is 0 Å². The molecule has 1 rings (SSSR count). The SMILES string of the molecule is C=CCSc1ccc(SCC=C)c(SCC=C)c1SCC=C. The maximum atomic E-state index is 3.85. The van der Waals surface area contributed by atoms with E-state index in [0.717, 1.165) is 23.0 Å². The fourth-order valence-corrected chi connectivity index (χ4v) is 5.66. The van der Waals surface area contributed by atoms with Crippen LogP contribution in [0.15, 0.2) is 82.3 Å². The van der Waals surface area contributed by atoms with Crippen LogP contribution in [0.3, 0.4) is 0 Å². The Morgan fingerprint density at radius 3 is 1.23 bits per heavy atom. The van der Waals surface area contributed by atoms with Gasteiger partial charge < -0.3 is 0 Å². The molecule has 0 bridgehead atoms. The highest BCUT2D eigenvalue weighted by atomic mass is 32.2. The predicted molar refractivity (Wildman–Crippen MR) is 110 cm³/mol. The molecule has 22 heavy (non-hydrogen) atoms. The number of rotatable bonds is 12. The van der Waals surface area contributed by atoms with E-state index in [1.165, 1.54) is 19.6 Å². The van der Waals surface area contributed by atoms with Crippen LogP contribution in [0.5, 0.6) is 0 Å². The first-order chi connectivity index (χ1) is 10.8. The Balaban J connectivity index is 3.21. The molecule has 118 valence electrons. The highest BCUT2D eigenvalue weighted by molar-refractivity contribution is 8.05. The van der Waals surface area contributed by atoms with Gasteiger partial charge in [0.05, 0.1) is 0 Å². The number of benzene rings is 1. The first-order valence-electron chi connectivity index (χ1n) is 6.90. The largest absolute Gasteiger partial charge is 0.121 e. The lowest BCUT2D eigenvalue weighted by Gasteiger charge is -2.16. The summed E-state index contributed by atoms with van der Waals surface area (Å²) in [5.41, 5.74) is 0. The van der Waals surface area contributed by atoms with E-state index >= 15 is 0 Å². The van der Waals surface area contributed by atoms with Crippen molar-refractivity contribution < 1.29 is 0 Å². The first kappa shape index (κ1) is 19.6. The van der Waals surface area contributed by atoms with Crippen molar-refractivity contribution in [2.24, 2.45) is 0 Å². The van der Waals surface area contributed by atoms with Gasteiger partial charge in [-0.2, -0.15) is 0 Å². The van der Waals surface area contributed by atoms with Crippen LogP contribution >= 0.6 is 47.0 Å². The molecule has 0 heterocycles. The average Bonchev–Trinajstić information content (AvgIpc) is 2.55. The van der Waals surface area contributed by atoms with Gasteiger partial charge in [-0.15, -0.1) is 73.4 Å². The Morgan fingerprint density at radius 2 is 0.909 bits per heavy atom. The van der Waals surface area contributed by atoms with Crippen molar-refractivity contribution in [2.75, 3.05) is 23.0 Å². The molecule has 0 atom stereocenters. The number of hydrogen-bond donors (Lipinski definition) is 0. The first-order valence-corrected chi connectivity index (χ1v) is 10.8.